The predicted molar refractivity (Wildman–Crippen MR) is 65.4 cm³/mol. The highest BCUT2D eigenvalue weighted by molar-refractivity contribution is 5.87. The summed E-state index contributed by atoms with van der Waals surface area (Å²) >= 11 is 0. The minimum atomic E-state index is -0.496. The molecule has 1 aliphatic heterocycles. The molecule has 1 fully saturated rings. The van der Waals surface area contributed by atoms with Crippen molar-refractivity contribution in [3.05, 3.63) is 0 Å². The molecule has 98 valence electrons. The largest absolute Gasteiger partial charge is 0.463 e. The van der Waals surface area contributed by atoms with E-state index in [0.29, 0.717) is 6.61 Å². The van der Waals surface area contributed by atoms with Crippen LogP contribution in [0.25, 0.3) is 0 Å². The number of likely N-dealkylation sites (N-methyl/N-ethyl adjacent to an activating group) is 1. The number of ether oxygens (including phenoxy) is 1. The van der Waals surface area contributed by atoms with Gasteiger partial charge in [-0.1, -0.05) is 13.8 Å². The highest BCUT2D eigenvalue weighted by Crippen LogP contribution is 2.39. The highest BCUT2D eigenvalue weighted by Gasteiger charge is 2.55. The number of carbonyl (C=O) groups excluding carboxylic acids is 2. The van der Waals surface area contributed by atoms with E-state index in [0.717, 1.165) is 6.42 Å². The molecule has 1 aliphatic rings. The van der Waals surface area contributed by atoms with Crippen LogP contribution >= 0.6 is 0 Å². The Morgan fingerprint density at radius 2 is 2.00 bits per heavy atom. The lowest BCUT2D eigenvalue weighted by molar-refractivity contribution is -0.182. The van der Waals surface area contributed by atoms with E-state index >= 15 is 0 Å². The monoisotopic (exact) mass is 241 g/mol. The number of likely N-dealkylation sites (tertiary alicyclic amines) is 1. The number of esters is 1. The molecule has 0 aromatic heterocycles. The van der Waals surface area contributed by atoms with Crippen molar-refractivity contribution in [3.63, 3.8) is 0 Å². The summed E-state index contributed by atoms with van der Waals surface area (Å²) in [6.07, 6.45) is 0.799. The lowest BCUT2D eigenvalue weighted by atomic mass is 9.73. The second-order valence-electron chi connectivity index (χ2n) is 5.90. The third-order valence-corrected chi connectivity index (χ3v) is 3.85. The minimum Gasteiger partial charge on any atom is -0.463 e. The zero-order valence-corrected chi connectivity index (χ0v) is 11.7. The van der Waals surface area contributed by atoms with Crippen molar-refractivity contribution < 1.29 is 14.3 Å². The van der Waals surface area contributed by atoms with Crippen LogP contribution in [0.2, 0.25) is 0 Å². The molecule has 0 aromatic carbocycles. The Balaban J connectivity index is 2.67. The first-order valence-electron chi connectivity index (χ1n) is 6.11. The van der Waals surface area contributed by atoms with Crippen molar-refractivity contribution >= 4 is 11.9 Å². The van der Waals surface area contributed by atoms with Gasteiger partial charge in [-0.15, -0.1) is 0 Å². The summed E-state index contributed by atoms with van der Waals surface area (Å²) in [6.45, 7) is 9.69. The summed E-state index contributed by atoms with van der Waals surface area (Å²) in [5.41, 5.74) is -0.803. The average molecular weight is 241 g/mol. The molecular formula is C13H23NO3. The van der Waals surface area contributed by atoms with Crippen molar-refractivity contribution in [2.75, 3.05) is 13.7 Å². The molecule has 1 saturated heterocycles. The maximum atomic E-state index is 11.7. The molecular weight excluding hydrogens is 218 g/mol. The van der Waals surface area contributed by atoms with Crippen LogP contribution in [-0.4, -0.2) is 36.0 Å². The van der Waals surface area contributed by atoms with E-state index in [1.807, 2.05) is 34.6 Å². The number of carbonyl (C=O) groups is 2. The van der Waals surface area contributed by atoms with Crippen LogP contribution < -0.4 is 0 Å². The summed E-state index contributed by atoms with van der Waals surface area (Å²) in [5, 5.41) is 0. The van der Waals surface area contributed by atoms with Gasteiger partial charge in [-0.2, -0.15) is 0 Å². The molecule has 4 heteroatoms. The Hall–Kier alpha value is -1.06. The first-order valence-corrected chi connectivity index (χ1v) is 6.11. The van der Waals surface area contributed by atoms with Gasteiger partial charge in [0.1, 0.15) is 6.61 Å². The predicted octanol–water partition coefficient (Wildman–Crippen LogP) is 1.83. The second-order valence-corrected chi connectivity index (χ2v) is 5.90. The van der Waals surface area contributed by atoms with Gasteiger partial charge >= 0.3 is 5.97 Å². The first-order chi connectivity index (χ1) is 7.66. The SMILES string of the molecule is CC[C@]1(COC(=O)C(C)(C)C)C(C)C(=O)N1C. The Morgan fingerprint density at radius 1 is 1.47 bits per heavy atom. The van der Waals surface area contributed by atoms with Gasteiger partial charge < -0.3 is 9.64 Å². The molecule has 0 N–H and O–H groups in total. The van der Waals surface area contributed by atoms with Crippen molar-refractivity contribution in [1.29, 1.82) is 0 Å². The Bertz CT molecular complexity index is 318. The van der Waals surface area contributed by atoms with Crippen molar-refractivity contribution in [2.24, 2.45) is 11.3 Å². The molecule has 0 aromatic rings. The van der Waals surface area contributed by atoms with Gasteiger partial charge in [-0.25, -0.2) is 0 Å². The van der Waals surface area contributed by atoms with Crippen LogP contribution in [0, 0.1) is 11.3 Å². The molecule has 1 heterocycles. The fourth-order valence-electron chi connectivity index (χ4n) is 2.24. The Morgan fingerprint density at radius 3 is 2.35 bits per heavy atom. The van der Waals surface area contributed by atoms with Crippen LogP contribution in [0.15, 0.2) is 0 Å². The standard InChI is InChI=1S/C13H23NO3/c1-7-13(9(2)10(15)14(13)6)8-17-11(16)12(3,4)5/h9H,7-8H2,1-6H3/t9?,13-/m0/s1. The lowest BCUT2D eigenvalue weighted by Gasteiger charge is -2.54. The van der Waals surface area contributed by atoms with Gasteiger partial charge in [0.15, 0.2) is 0 Å². The van der Waals surface area contributed by atoms with E-state index in [1.54, 1.807) is 11.9 Å². The molecule has 2 atom stereocenters. The number of hydrogen-bond donors (Lipinski definition) is 0. The summed E-state index contributed by atoms with van der Waals surface area (Å²) in [5.74, 6) is -0.158. The lowest BCUT2D eigenvalue weighted by Crippen LogP contribution is -2.70. The number of rotatable bonds is 3. The molecule has 0 aliphatic carbocycles. The zero-order valence-electron chi connectivity index (χ0n) is 11.7. The summed E-state index contributed by atoms with van der Waals surface area (Å²) in [4.78, 5) is 25.0. The molecule has 1 unspecified atom stereocenters. The van der Waals surface area contributed by atoms with Gasteiger partial charge in [-0.05, 0) is 27.2 Å². The van der Waals surface area contributed by atoms with Crippen LogP contribution in [0.1, 0.15) is 41.0 Å². The van der Waals surface area contributed by atoms with Crippen LogP contribution in [0.3, 0.4) is 0 Å². The Labute approximate surface area is 103 Å². The number of β-lactam (4-membered cyclic amide) rings is 1. The normalized spacial score (nSPS) is 28.9. The fourth-order valence-corrected chi connectivity index (χ4v) is 2.24. The maximum absolute atomic E-state index is 11.7. The average Bonchev–Trinajstić information content (AvgIpc) is 2.27. The molecule has 0 spiro atoms. The third kappa shape index (κ3) is 2.17. The minimum absolute atomic E-state index is 0.0646. The van der Waals surface area contributed by atoms with E-state index in [-0.39, 0.29) is 23.3 Å². The molecule has 0 bridgehead atoms. The molecule has 1 amide bonds. The zero-order chi connectivity index (χ0) is 13.4. The number of nitrogens with zero attached hydrogens (tertiary/aromatic N) is 1. The van der Waals surface area contributed by atoms with Crippen LogP contribution in [0.4, 0.5) is 0 Å². The maximum Gasteiger partial charge on any atom is 0.311 e. The fraction of sp³-hybridized carbons (Fsp3) is 0.846. The molecule has 0 radical (unpaired) electrons. The molecule has 1 rings (SSSR count). The van der Waals surface area contributed by atoms with E-state index < -0.39 is 5.41 Å². The van der Waals surface area contributed by atoms with Crippen molar-refractivity contribution in [1.82, 2.24) is 4.90 Å². The van der Waals surface area contributed by atoms with Gasteiger partial charge in [0.2, 0.25) is 5.91 Å². The summed E-state index contributed by atoms with van der Waals surface area (Å²) in [6, 6.07) is 0. The second kappa shape index (κ2) is 4.31. The van der Waals surface area contributed by atoms with Crippen molar-refractivity contribution in [2.45, 2.75) is 46.6 Å². The number of amides is 1. The summed E-state index contributed by atoms with van der Waals surface area (Å²) in [7, 11) is 1.77. The molecule has 17 heavy (non-hydrogen) atoms. The van der Waals surface area contributed by atoms with Crippen molar-refractivity contribution in [3.8, 4) is 0 Å². The van der Waals surface area contributed by atoms with Gasteiger partial charge in [0.25, 0.3) is 0 Å². The highest BCUT2D eigenvalue weighted by atomic mass is 16.5. The van der Waals surface area contributed by atoms with Crippen LogP contribution in [0.5, 0.6) is 0 Å². The Kier molecular flexibility index (Phi) is 3.55. The molecule has 4 nitrogen and oxygen atoms in total. The third-order valence-electron chi connectivity index (χ3n) is 3.85. The number of hydrogen-bond acceptors (Lipinski definition) is 3. The van der Waals surface area contributed by atoms with E-state index in [1.165, 1.54) is 0 Å². The van der Waals surface area contributed by atoms with Gasteiger partial charge in [-0.3, -0.25) is 9.59 Å². The smallest absolute Gasteiger partial charge is 0.311 e. The summed E-state index contributed by atoms with van der Waals surface area (Å²) < 4.78 is 5.36. The first kappa shape index (κ1) is 14.0. The van der Waals surface area contributed by atoms with E-state index in [4.69, 9.17) is 4.74 Å². The van der Waals surface area contributed by atoms with E-state index in [2.05, 4.69) is 0 Å². The van der Waals surface area contributed by atoms with Gasteiger partial charge in [0.05, 0.1) is 16.9 Å². The quantitative estimate of drug-likeness (QED) is 0.559. The van der Waals surface area contributed by atoms with Gasteiger partial charge in [0, 0.05) is 7.05 Å². The topological polar surface area (TPSA) is 46.6 Å². The molecule has 0 saturated carbocycles. The van der Waals surface area contributed by atoms with E-state index in [9.17, 15) is 9.59 Å². The van der Waals surface area contributed by atoms with Crippen LogP contribution in [-0.2, 0) is 14.3 Å².